The Labute approximate surface area is 91.7 Å². The second-order valence-corrected chi connectivity index (χ2v) is 3.22. The van der Waals surface area contributed by atoms with Gasteiger partial charge in [-0.25, -0.2) is 4.79 Å². The summed E-state index contributed by atoms with van der Waals surface area (Å²) in [6, 6.07) is 8.70. The minimum Gasteiger partial charge on any atom is -0.294 e. The molecule has 1 heterocycles. The molecule has 0 atom stereocenters. The van der Waals surface area contributed by atoms with Gasteiger partial charge < -0.3 is 0 Å². The van der Waals surface area contributed by atoms with Crippen molar-refractivity contribution in [1.82, 2.24) is 10.6 Å². The zero-order valence-electron chi connectivity index (χ0n) is 8.36. The highest BCUT2D eigenvalue weighted by Crippen LogP contribution is 2.04. The van der Waals surface area contributed by atoms with E-state index in [0.717, 1.165) is 5.69 Å². The predicted octanol–water partition coefficient (Wildman–Crippen LogP) is 0.641. The number of para-hydroxylation sites is 1. The molecule has 3 amide bonds. The van der Waals surface area contributed by atoms with Crippen molar-refractivity contribution in [1.29, 1.82) is 0 Å². The van der Waals surface area contributed by atoms with Crippen molar-refractivity contribution in [2.24, 2.45) is 5.10 Å². The van der Waals surface area contributed by atoms with Gasteiger partial charge in [0.2, 0.25) is 5.91 Å². The van der Waals surface area contributed by atoms with Crippen molar-refractivity contribution in [3.8, 4) is 0 Å². The number of amidine groups is 1. The van der Waals surface area contributed by atoms with Crippen LogP contribution >= 0.6 is 0 Å². The molecule has 0 spiro atoms. The number of imide groups is 1. The van der Waals surface area contributed by atoms with Crippen molar-refractivity contribution in [2.75, 3.05) is 5.43 Å². The molecule has 0 aliphatic carbocycles. The number of nitrogens with zero attached hydrogens (tertiary/aromatic N) is 1. The fraction of sp³-hybridized carbons (Fsp3) is 0.100. The van der Waals surface area contributed by atoms with Crippen LogP contribution in [0.1, 0.15) is 6.42 Å². The average molecular weight is 218 g/mol. The SMILES string of the molecule is O=C1CC(=NNc2ccccc2)NC(=O)N1. The molecule has 1 saturated heterocycles. The number of nitrogens with one attached hydrogen (secondary N) is 3. The highest BCUT2D eigenvalue weighted by molar-refractivity contribution is 6.16. The third-order valence-corrected chi connectivity index (χ3v) is 1.93. The Morgan fingerprint density at radius 1 is 1.12 bits per heavy atom. The van der Waals surface area contributed by atoms with Gasteiger partial charge in [0.25, 0.3) is 0 Å². The van der Waals surface area contributed by atoms with E-state index in [0.29, 0.717) is 5.84 Å². The van der Waals surface area contributed by atoms with Crippen LogP contribution in [-0.4, -0.2) is 17.8 Å². The summed E-state index contributed by atoms with van der Waals surface area (Å²) in [5.41, 5.74) is 3.54. The van der Waals surface area contributed by atoms with Gasteiger partial charge in [-0.1, -0.05) is 18.2 Å². The third-order valence-electron chi connectivity index (χ3n) is 1.93. The maximum Gasteiger partial charge on any atom is 0.326 e. The lowest BCUT2D eigenvalue weighted by atomic mass is 10.3. The molecule has 0 saturated carbocycles. The lowest BCUT2D eigenvalue weighted by Gasteiger charge is -2.14. The molecular formula is C10H10N4O2. The van der Waals surface area contributed by atoms with Crippen LogP contribution in [0.15, 0.2) is 35.4 Å². The van der Waals surface area contributed by atoms with E-state index in [1.165, 1.54) is 0 Å². The molecule has 1 aliphatic rings. The largest absolute Gasteiger partial charge is 0.326 e. The molecule has 0 radical (unpaired) electrons. The van der Waals surface area contributed by atoms with Crippen molar-refractivity contribution in [2.45, 2.75) is 6.42 Å². The van der Waals surface area contributed by atoms with Gasteiger partial charge in [0.1, 0.15) is 5.84 Å². The Hall–Kier alpha value is -2.37. The summed E-state index contributed by atoms with van der Waals surface area (Å²) in [6.07, 6.45) is 0.0611. The molecule has 2 rings (SSSR count). The van der Waals surface area contributed by atoms with Crippen LogP contribution in [-0.2, 0) is 4.79 Å². The molecule has 1 aromatic rings. The van der Waals surface area contributed by atoms with Crippen LogP contribution in [0.25, 0.3) is 0 Å². The quantitative estimate of drug-likeness (QED) is 0.637. The van der Waals surface area contributed by atoms with Gasteiger partial charge in [-0.05, 0) is 12.1 Å². The monoisotopic (exact) mass is 218 g/mol. The number of amides is 3. The van der Waals surface area contributed by atoms with Gasteiger partial charge in [0.05, 0.1) is 12.1 Å². The third kappa shape index (κ3) is 2.57. The fourth-order valence-corrected chi connectivity index (χ4v) is 1.24. The summed E-state index contributed by atoms with van der Waals surface area (Å²) >= 11 is 0. The van der Waals surface area contributed by atoms with E-state index < -0.39 is 6.03 Å². The summed E-state index contributed by atoms with van der Waals surface area (Å²) in [5, 5.41) is 8.47. The highest BCUT2D eigenvalue weighted by Gasteiger charge is 2.19. The Kier molecular flexibility index (Phi) is 2.81. The van der Waals surface area contributed by atoms with Gasteiger partial charge in [-0.3, -0.25) is 20.9 Å². The first-order valence-corrected chi connectivity index (χ1v) is 4.72. The summed E-state index contributed by atoms with van der Waals surface area (Å²) in [5.74, 6) is -0.0602. The van der Waals surface area contributed by atoms with Crippen molar-refractivity contribution in [3.05, 3.63) is 30.3 Å². The summed E-state index contributed by atoms with van der Waals surface area (Å²) in [4.78, 5) is 22.0. The van der Waals surface area contributed by atoms with E-state index in [9.17, 15) is 9.59 Å². The number of rotatable bonds is 2. The minimum atomic E-state index is -0.551. The molecule has 0 aromatic heterocycles. The Balaban J connectivity index is 2.02. The van der Waals surface area contributed by atoms with Gasteiger partial charge in [-0.2, -0.15) is 5.10 Å². The molecule has 16 heavy (non-hydrogen) atoms. The van der Waals surface area contributed by atoms with E-state index in [4.69, 9.17) is 0 Å². The van der Waals surface area contributed by atoms with Crippen LogP contribution in [0.4, 0.5) is 10.5 Å². The molecule has 1 aromatic carbocycles. The molecule has 6 nitrogen and oxygen atoms in total. The van der Waals surface area contributed by atoms with Crippen LogP contribution < -0.4 is 16.1 Å². The van der Waals surface area contributed by atoms with Crippen molar-refractivity contribution < 1.29 is 9.59 Å². The van der Waals surface area contributed by atoms with E-state index >= 15 is 0 Å². The summed E-state index contributed by atoms with van der Waals surface area (Å²) in [7, 11) is 0. The first-order chi connectivity index (χ1) is 7.74. The number of hydrazone groups is 1. The van der Waals surface area contributed by atoms with Gasteiger partial charge in [0.15, 0.2) is 0 Å². The predicted molar refractivity (Wildman–Crippen MR) is 58.8 cm³/mol. The second kappa shape index (κ2) is 4.43. The van der Waals surface area contributed by atoms with Crippen LogP contribution in [0.2, 0.25) is 0 Å². The Bertz CT molecular complexity index is 423. The van der Waals surface area contributed by atoms with E-state index in [-0.39, 0.29) is 12.3 Å². The Morgan fingerprint density at radius 2 is 1.88 bits per heavy atom. The topological polar surface area (TPSA) is 82.6 Å². The molecule has 1 aliphatic heterocycles. The fourth-order valence-electron chi connectivity index (χ4n) is 1.24. The minimum absolute atomic E-state index is 0.0611. The number of urea groups is 1. The molecular weight excluding hydrogens is 208 g/mol. The molecule has 6 heteroatoms. The van der Waals surface area contributed by atoms with Crippen LogP contribution in [0.5, 0.6) is 0 Å². The molecule has 0 bridgehead atoms. The molecule has 3 N–H and O–H groups in total. The van der Waals surface area contributed by atoms with Crippen molar-refractivity contribution in [3.63, 3.8) is 0 Å². The zero-order valence-corrected chi connectivity index (χ0v) is 8.36. The number of carbonyl (C=O) groups excluding carboxylic acids is 2. The van der Waals surface area contributed by atoms with Crippen molar-refractivity contribution >= 4 is 23.5 Å². The normalized spacial score (nSPS) is 17.9. The van der Waals surface area contributed by atoms with Gasteiger partial charge >= 0.3 is 6.03 Å². The van der Waals surface area contributed by atoms with Crippen LogP contribution in [0, 0.1) is 0 Å². The lowest BCUT2D eigenvalue weighted by Crippen LogP contribution is -2.50. The molecule has 82 valence electrons. The summed E-state index contributed by atoms with van der Waals surface area (Å²) in [6.45, 7) is 0. The van der Waals surface area contributed by atoms with E-state index in [1.807, 2.05) is 30.3 Å². The molecule has 0 unspecified atom stereocenters. The second-order valence-electron chi connectivity index (χ2n) is 3.22. The molecule has 1 fully saturated rings. The number of benzene rings is 1. The maximum atomic E-state index is 11.0. The smallest absolute Gasteiger partial charge is 0.294 e. The highest BCUT2D eigenvalue weighted by atomic mass is 16.2. The van der Waals surface area contributed by atoms with Crippen LogP contribution in [0.3, 0.4) is 0 Å². The number of carbonyl (C=O) groups is 2. The number of anilines is 1. The number of hydrogen-bond donors (Lipinski definition) is 3. The Morgan fingerprint density at radius 3 is 2.56 bits per heavy atom. The van der Waals surface area contributed by atoms with Gasteiger partial charge in [-0.15, -0.1) is 0 Å². The standard InChI is InChI=1S/C10H10N4O2/c15-9-6-8(11-10(16)12-9)14-13-7-4-2-1-3-5-7/h1-5,13H,6H2,(H2,11,12,14,15,16). The first-order valence-electron chi connectivity index (χ1n) is 4.72. The first kappa shape index (κ1) is 10.2. The lowest BCUT2D eigenvalue weighted by molar-refractivity contribution is -0.119. The number of hydrogen-bond acceptors (Lipinski definition) is 4. The average Bonchev–Trinajstić information content (AvgIpc) is 2.27. The van der Waals surface area contributed by atoms with E-state index in [2.05, 4.69) is 21.2 Å². The summed E-state index contributed by atoms with van der Waals surface area (Å²) < 4.78 is 0. The zero-order chi connectivity index (χ0) is 11.4. The maximum absolute atomic E-state index is 11.0. The van der Waals surface area contributed by atoms with Gasteiger partial charge in [0, 0.05) is 0 Å². The van der Waals surface area contributed by atoms with E-state index in [1.54, 1.807) is 0 Å².